The van der Waals surface area contributed by atoms with Crippen LogP contribution in [0.5, 0.6) is 0 Å². The number of aryl methyl sites for hydroxylation is 1. The van der Waals surface area contributed by atoms with Crippen molar-refractivity contribution in [2.24, 2.45) is 5.92 Å². The molecule has 8 heteroatoms. The number of anilines is 1. The highest BCUT2D eigenvalue weighted by atomic mass is 16.5. The molecule has 2 unspecified atom stereocenters. The van der Waals surface area contributed by atoms with Crippen LogP contribution < -0.4 is 10.2 Å². The van der Waals surface area contributed by atoms with Gasteiger partial charge in [-0.1, -0.05) is 23.4 Å². The molecule has 0 saturated carbocycles. The first-order valence-corrected chi connectivity index (χ1v) is 11.1. The van der Waals surface area contributed by atoms with Crippen molar-refractivity contribution in [2.75, 3.05) is 37.8 Å². The lowest BCUT2D eigenvalue weighted by Gasteiger charge is -2.41. The second-order valence-electron chi connectivity index (χ2n) is 8.54. The van der Waals surface area contributed by atoms with E-state index < -0.39 is 0 Å². The number of fused-ring (bicyclic) bond motifs is 1. The molecule has 0 spiro atoms. The van der Waals surface area contributed by atoms with Crippen LogP contribution in [0, 0.1) is 12.8 Å². The van der Waals surface area contributed by atoms with Gasteiger partial charge in [0.2, 0.25) is 0 Å². The van der Waals surface area contributed by atoms with E-state index >= 15 is 0 Å². The van der Waals surface area contributed by atoms with E-state index in [0.717, 1.165) is 67.8 Å². The van der Waals surface area contributed by atoms with Crippen LogP contribution >= 0.6 is 0 Å². The fourth-order valence-corrected chi connectivity index (χ4v) is 4.71. The molecule has 8 nitrogen and oxygen atoms in total. The molecule has 2 fully saturated rings. The summed E-state index contributed by atoms with van der Waals surface area (Å²) < 4.78 is 11.0. The smallest absolute Gasteiger partial charge is 0.261 e. The number of aromatic nitrogens is 3. The summed E-state index contributed by atoms with van der Waals surface area (Å²) >= 11 is 0. The number of hydrogen-bond acceptors (Lipinski definition) is 8. The SMILES string of the molecule is Cc1noc(-c2cc3ccccc3nc2N2CCC(NC3CCOCC3)C(CO)C2)n1. The summed E-state index contributed by atoms with van der Waals surface area (Å²) in [5.74, 6) is 2.04. The second kappa shape index (κ2) is 8.90. The van der Waals surface area contributed by atoms with E-state index in [0.29, 0.717) is 23.8 Å². The molecule has 164 valence electrons. The van der Waals surface area contributed by atoms with Gasteiger partial charge in [-0.2, -0.15) is 4.98 Å². The molecule has 2 aliphatic heterocycles. The third kappa shape index (κ3) is 4.28. The molecule has 2 atom stereocenters. The first kappa shape index (κ1) is 20.4. The van der Waals surface area contributed by atoms with Crippen LogP contribution in [0.1, 0.15) is 25.1 Å². The number of nitrogens with one attached hydrogen (secondary N) is 1. The molecule has 3 aromatic rings. The first-order chi connectivity index (χ1) is 15.2. The summed E-state index contributed by atoms with van der Waals surface area (Å²) in [7, 11) is 0. The molecule has 5 rings (SSSR count). The van der Waals surface area contributed by atoms with Gasteiger partial charge < -0.3 is 24.6 Å². The molecule has 2 saturated heterocycles. The zero-order valence-corrected chi connectivity index (χ0v) is 17.8. The molecule has 0 aliphatic carbocycles. The van der Waals surface area contributed by atoms with E-state index in [4.69, 9.17) is 14.2 Å². The molecule has 2 N–H and O–H groups in total. The summed E-state index contributed by atoms with van der Waals surface area (Å²) in [6.45, 7) is 5.16. The predicted molar refractivity (Wildman–Crippen MR) is 118 cm³/mol. The van der Waals surface area contributed by atoms with Gasteiger partial charge in [-0.15, -0.1) is 0 Å². The van der Waals surface area contributed by atoms with Gasteiger partial charge in [0.1, 0.15) is 5.82 Å². The van der Waals surface area contributed by atoms with Gasteiger partial charge in [-0.25, -0.2) is 4.98 Å². The van der Waals surface area contributed by atoms with Crippen molar-refractivity contribution in [3.63, 3.8) is 0 Å². The topological polar surface area (TPSA) is 96.5 Å². The lowest BCUT2D eigenvalue weighted by Crippen LogP contribution is -2.54. The first-order valence-electron chi connectivity index (χ1n) is 11.1. The van der Waals surface area contributed by atoms with Gasteiger partial charge in [0.15, 0.2) is 5.82 Å². The van der Waals surface area contributed by atoms with Crippen molar-refractivity contribution < 1.29 is 14.4 Å². The minimum atomic E-state index is 0.127. The van der Waals surface area contributed by atoms with Crippen LogP contribution in [0.3, 0.4) is 0 Å². The van der Waals surface area contributed by atoms with Crippen molar-refractivity contribution >= 4 is 16.7 Å². The average molecular weight is 424 g/mol. The number of pyridine rings is 1. The lowest BCUT2D eigenvalue weighted by atomic mass is 9.91. The van der Waals surface area contributed by atoms with Crippen LogP contribution in [0.2, 0.25) is 0 Å². The van der Waals surface area contributed by atoms with Crippen LogP contribution in [-0.4, -0.2) is 65.2 Å². The molecule has 2 aromatic heterocycles. The summed E-state index contributed by atoms with van der Waals surface area (Å²) in [4.78, 5) is 11.7. The zero-order valence-electron chi connectivity index (χ0n) is 17.8. The largest absolute Gasteiger partial charge is 0.396 e. The fourth-order valence-electron chi connectivity index (χ4n) is 4.71. The minimum Gasteiger partial charge on any atom is -0.396 e. The third-order valence-electron chi connectivity index (χ3n) is 6.40. The predicted octanol–water partition coefficient (Wildman–Crippen LogP) is 2.55. The molecule has 1 aromatic carbocycles. The van der Waals surface area contributed by atoms with Gasteiger partial charge in [-0.3, -0.25) is 0 Å². The normalized spacial score (nSPS) is 22.8. The summed E-state index contributed by atoms with van der Waals surface area (Å²) in [6.07, 6.45) is 3.01. The Morgan fingerprint density at radius 1 is 1.16 bits per heavy atom. The molecule has 0 bridgehead atoms. The van der Waals surface area contributed by atoms with Crippen LogP contribution in [0.25, 0.3) is 22.4 Å². The van der Waals surface area contributed by atoms with Crippen molar-refractivity contribution in [1.29, 1.82) is 0 Å². The maximum absolute atomic E-state index is 10.2. The summed E-state index contributed by atoms with van der Waals surface area (Å²) in [5, 5.41) is 19.0. The van der Waals surface area contributed by atoms with Gasteiger partial charge in [0, 0.05) is 56.3 Å². The van der Waals surface area contributed by atoms with Crippen molar-refractivity contribution in [3.05, 3.63) is 36.2 Å². The number of benzene rings is 1. The van der Waals surface area contributed by atoms with Crippen LogP contribution in [0.15, 0.2) is 34.9 Å². The monoisotopic (exact) mass is 423 g/mol. The highest BCUT2D eigenvalue weighted by Gasteiger charge is 2.33. The molecular formula is C23H29N5O3. The van der Waals surface area contributed by atoms with E-state index in [-0.39, 0.29) is 12.5 Å². The molecule has 0 radical (unpaired) electrons. The number of rotatable bonds is 5. The Kier molecular flexibility index (Phi) is 5.85. The number of ether oxygens (including phenoxy) is 1. The van der Waals surface area contributed by atoms with Gasteiger partial charge in [-0.05, 0) is 38.3 Å². The van der Waals surface area contributed by atoms with Crippen LogP contribution in [0.4, 0.5) is 5.82 Å². The van der Waals surface area contributed by atoms with Gasteiger partial charge in [0.25, 0.3) is 5.89 Å². The Labute approximate surface area is 181 Å². The molecule has 31 heavy (non-hydrogen) atoms. The Bertz CT molecular complexity index is 1030. The summed E-state index contributed by atoms with van der Waals surface area (Å²) in [5.41, 5.74) is 1.77. The van der Waals surface area contributed by atoms with Gasteiger partial charge in [0.05, 0.1) is 11.1 Å². The Balaban J connectivity index is 1.43. The fraction of sp³-hybridized carbons (Fsp3) is 0.522. The molecule has 4 heterocycles. The highest BCUT2D eigenvalue weighted by Crippen LogP contribution is 2.34. The maximum Gasteiger partial charge on any atom is 0.261 e. The summed E-state index contributed by atoms with van der Waals surface area (Å²) in [6, 6.07) is 10.9. The quantitative estimate of drug-likeness (QED) is 0.646. The number of aliphatic hydroxyl groups is 1. The van der Waals surface area contributed by atoms with E-state index in [1.807, 2.05) is 31.2 Å². The van der Waals surface area contributed by atoms with E-state index in [1.54, 1.807) is 0 Å². The zero-order chi connectivity index (χ0) is 21.2. The molecule has 2 aliphatic rings. The number of aliphatic hydroxyl groups excluding tert-OH is 1. The Morgan fingerprint density at radius 3 is 2.77 bits per heavy atom. The van der Waals surface area contributed by atoms with E-state index in [9.17, 15) is 5.11 Å². The van der Waals surface area contributed by atoms with Crippen molar-refractivity contribution in [2.45, 2.75) is 38.3 Å². The second-order valence-corrected chi connectivity index (χ2v) is 8.54. The molecular weight excluding hydrogens is 394 g/mol. The lowest BCUT2D eigenvalue weighted by molar-refractivity contribution is 0.0673. The number of hydrogen-bond donors (Lipinski definition) is 2. The van der Waals surface area contributed by atoms with Crippen LogP contribution in [-0.2, 0) is 4.74 Å². The van der Waals surface area contributed by atoms with E-state index in [1.165, 1.54) is 0 Å². The minimum absolute atomic E-state index is 0.127. The van der Waals surface area contributed by atoms with Gasteiger partial charge >= 0.3 is 0 Å². The van der Waals surface area contributed by atoms with Crippen molar-refractivity contribution in [3.8, 4) is 11.5 Å². The highest BCUT2D eigenvalue weighted by molar-refractivity contribution is 5.87. The molecule has 0 amide bonds. The number of para-hydroxylation sites is 1. The Morgan fingerprint density at radius 2 is 2.00 bits per heavy atom. The number of nitrogens with zero attached hydrogens (tertiary/aromatic N) is 4. The van der Waals surface area contributed by atoms with E-state index in [2.05, 4.69) is 26.4 Å². The van der Waals surface area contributed by atoms with Crippen molar-refractivity contribution in [1.82, 2.24) is 20.4 Å². The number of piperidine rings is 1. The standard InChI is InChI=1S/C23H29N5O3/c1-15-24-23(31-27-15)19-12-16-4-2-3-5-20(16)26-22(19)28-9-6-21(17(13-28)14-29)25-18-7-10-30-11-8-18/h2-5,12,17-18,21,25,29H,6-11,13-14H2,1H3. The maximum atomic E-state index is 10.2. The third-order valence-corrected chi connectivity index (χ3v) is 6.40. The Hall–Kier alpha value is -2.55. The average Bonchev–Trinajstić information content (AvgIpc) is 3.25.